The Morgan fingerprint density at radius 1 is 1.45 bits per heavy atom. The van der Waals surface area contributed by atoms with Crippen LogP contribution in [0.5, 0.6) is 5.75 Å². The van der Waals surface area contributed by atoms with E-state index in [2.05, 4.69) is 25.4 Å². The number of carbonyl (C=O) groups is 1. The lowest BCUT2D eigenvalue weighted by molar-refractivity contribution is -0.386. The fourth-order valence-corrected chi connectivity index (χ4v) is 1.73. The third-order valence-electron chi connectivity index (χ3n) is 2.05. The van der Waals surface area contributed by atoms with Crippen molar-refractivity contribution in [3.05, 3.63) is 32.3 Å². The standard InChI is InChI=1S/C10H7BrF3NO5/c1-19-9(16)5-2-3-6(11)8(7(5)15(17)18)20-4-10(12,13)14/h2-3H,4H2,1H3. The molecule has 10 heteroatoms. The Kier molecular flexibility index (Phi) is 4.93. The minimum absolute atomic E-state index is 0.0823. The van der Waals surface area contributed by atoms with Crippen molar-refractivity contribution in [2.24, 2.45) is 0 Å². The van der Waals surface area contributed by atoms with Gasteiger partial charge in [-0.3, -0.25) is 10.1 Å². The molecule has 6 nitrogen and oxygen atoms in total. The van der Waals surface area contributed by atoms with Crippen LogP contribution >= 0.6 is 15.9 Å². The average molecular weight is 358 g/mol. The normalized spacial score (nSPS) is 11.1. The lowest BCUT2D eigenvalue weighted by atomic mass is 10.1. The summed E-state index contributed by atoms with van der Waals surface area (Å²) in [5.41, 5.74) is -1.40. The molecule has 0 spiro atoms. The molecule has 0 unspecified atom stereocenters. The molecule has 20 heavy (non-hydrogen) atoms. The molecule has 0 amide bonds. The first-order valence-corrected chi connectivity index (χ1v) is 5.71. The second-order valence-corrected chi connectivity index (χ2v) is 4.28. The summed E-state index contributed by atoms with van der Waals surface area (Å²) in [5.74, 6) is -1.74. The molecule has 110 valence electrons. The number of rotatable bonds is 4. The molecule has 0 aliphatic heterocycles. The van der Waals surface area contributed by atoms with Crippen molar-refractivity contribution in [1.29, 1.82) is 0 Å². The predicted octanol–water partition coefficient (Wildman–Crippen LogP) is 3.09. The molecule has 0 aliphatic rings. The van der Waals surface area contributed by atoms with Gasteiger partial charge in [0.05, 0.1) is 16.5 Å². The first-order valence-electron chi connectivity index (χ1n) is 4.92. The summed E-state index contributed by atoms with van der Waals surface area (Å²) in [4.78, 5) is 21.3. The van der Waals surface area contributed by atoms with Gasteiger partial charge in [-0.15, -0.1) is 0 Å². The number of alkyl halides is 3. The highest BCUT2D eigenvalue weighted by Gasteiger charge is 2.33. The van der Waals surface area contributed by atoms with Crippen molar-refractivity contribution in [2.75, 3.05) is 13.7 Å². The van der Waals surface area contributed by atoms with Gasteiger partial charge in [0.25, 0.3) is 0 Å². The van der Waals surface area contributed by atoms with Crippen LogP contribution in [0.2, 0.25) is 0 Å². The smallest absolute Gasteiger partial charge is 0.422 e. The van der Waals surface area contributed by atoms with Crippen LogP contribution in [0.3, 0.4) is 0 Å². The molecule has 1 aromatic carbocycles. The van der Waals surface area contributed by atoms with Crippen LogP contribution in [0, 0.1) is 10.1 Å². The third kappa shape index (κ3) is 3.83. The third-order valence-corrected chi connectivity index (χ3v) is 2.68. The second kappa shape index (κ2) is 6.07. The topological polar surface area (TPSA) is 78.7 Å². The molecular weight excluding hydrogens is 351 g/mol. The predicted molar refractivity (Wildman–Crippen MR) is 63.7 cm³/mol. The number of methoxy groups -OCH3 is 1. The minimum Gasteiger partial charge on any atom is -0.476 e. The largest absolute Gasteiger partial charge is 0.476 e. The van der Waals surface area contributed by atoms with E-state index in [4.69, 9.17) is 0 Å². The lowest BCUT2D eigenvalue weighted by Crippen LogP contribution is -2.20. The van der Waals surface area contributed by atoms with Crippen molar-refractivity contribution in [1.82, 2.24) is 0 Å². The first kappa shape index (κ1) is 16.2. The molecule has 0 saturated heterocycles. The summed E-state index contributed by atoms with van der Waals surface area (Å²) in [7, 11) is 0.990. The summed E-state index contributed by atoms with van der Waals surface area (Å²) < 4.78 is 45.0. The van der Waals surface area contributed by atoms with Crippen molar-refractivity contribution in [2.45, 2.75) is 6.18 Å². The number of ether oxygens (including phenoxy) is 2. The fraction of sp³-hybridized carbons (Fsp3) is 0.300. The maximum absolute atomic E-state index is 12.1. The summed E-state index contributed by atoms with van der Waals surface area (Å²) >= 11 is 2.84. The highest BCUT2D eigenvalue weighted by atomic mass is 79.9. The number of halogens is 4. The Hall–Kier alpha value is -1.84. The molecule has 1 rings (SSSR count). The number of esters is 1. The van der Waals surface area contributed by atoms with Gasteiger partial charge in [0.2, 0.25) is 5.75 Å². The van der Waals surface area contributed by atoms with Crippen molar-refractivity contribution in [3.63, 3.8) is 0 Å². The van der Waals surface area contributed by atoms with E-state index in [1.165, 1.54) is 0 Å². The van der Waals surface area contributed by atoms with Gasteiger partial charge in [-0.1, -0.05) is 0 Å². The number of hydrogen-bond donors (Lipinski definition) is 0. The van der Waals surface area contributed by atoms with Crippen LogP contribution in [0.25, 0.3) is 0 Å². The SMILES string of the molecule is COC(=O)c1ccc(Br)c(OCC(F)(F)F)c1[N+](=O)[O-]. The van der Waals surface area contributed by atoms with Gasteiger partial charge < -0.3 is 9.47 Å². The van der Waals surface area contributed by atoms with Crippen molar-refractivity contribution >= 4 is 27.6 Å². The zero-order valence-electron chi connectivity index (χ0n) is 9.86. The molecule has 0 atom stereocenters. The van der Waals surface area contributed by atoms with E-state index < -0.39 is 40.7 Å². The van der Waals surface area contributed by atoms with E-state index in [1.54, 1.807) is 0 Å². The Morgan fingerprint density at radius 2 is 2.05 bits per heavy atom. The molecule has 0 heterocycles. The molecule has 0 saturated carbocycles. The Balaban J connectivity index is 3.33. The number of nitro benzene ring substituents is 1. The first-order chi connectivity index (χ1) is 9.17. The van der Waals surface area contributed by atoms with Crippen LogP contribution in [0.1, 0.15) is 10.4 Å². The van der Waals surface area contributed by atoms with Crippen molar-refractivity contribution in [3.8, 4) is 5.75 Å². The van der Waals surface area contributed by atoms with Crippen LogP contribution in [-0.4, -0.2) is 30.8 Å². The highest BCUT2D eigenvalue weighted by Crippen LogP contribution is 2.39. The molecule has 0 aliphatic carbocycles. The zero-order chi connectivity index (χ0) is 15.5. The van der Waals surface area contributed by atoms with E-state index in [0.717, 1.165) is 19.2 Å². The van der Waals surface area contributed by atoms with Gasteiger partial charge >= 0.3 is 17.8 Å². The Labute approximate surface area is 118 Å². The molecule has 0 bridgehead atoms. The molecule has 0 aromatic heterocycles. The van der Waals surface area contributed by atoms with E-state index in [0.29, 0.717) is 0 Å². The maximum Gasteiger partial charge on any atom is 0.422 e. The van der Waals surface area contributed by atoms with Gasteiger partial charge in [-0.2, -0.15) is 13.2 Å². The fourth-order valence-electron chi connectivity index (χ4n) is 1.29. The molecular formula is C10H7BrF3NO5. The van der Waals surface area contributed by atoms with Gasteiger partial charge in [0.1, 0.15) is 5.56 Å². The number of nitro groups is 1. The minimum atomic E-state index is -4.67. The van der Waals surface area contributed by atoms with E-state index in [-0.39, 0.29) is 4.47 Å². The number of carbonyl (C=O) groups excluding carboxylic acids is 1. The number of nitrogens with zero attached hydrogens (tertiary/aromatic N) is 1. The summed E-state index contributed by atoms with van der Waals surface area (Å²) in [5, 5.41) is 11.0. The lowest BCUT2D eigenvalue weighted by Gasteiger charge is -2.12. The Bertz CT molecular complexity index is 546. The summed E-state index contributed by atoms with van der Waals surface area (Å²) in [6.07, 6.45) is -4.67. The maximum atomic E-state index is 12.1. The van der Waals surface area contributed by atoms with Crippen LogP contribution < -0.4 is 4.74 Å². The molecule has 0 radical (unpaired) electrons. The number of benzene rings is 1. The number of hydrogen-bond acceptors (Lipinski definition) is 5. The van der Waals surface area contributed by atoms with Crippen LogP contribution in [0.4, 0.5) is 18.9 Å². The highest BCUT2D eigenvalue weighted by molar-refractivity contribution is 9.10. The van der Waals surface area contributed by atoms with E-state index in [9.17, 15) is 28.1 Å². The monoisotopic (exact) mass is 357 g/mol. The molecule has 0 N–H and O–H groups in total. The van der Waals surface area contributed by atoms with Gasteiger partial charge in [0.15, 0.2) is 6.61 Å². The van der Waals surface area contributed by atoms with Crippen molar-refractivity contribution < 1.29 is 32.4 Å². The molecule has 1 aromatic rings. The van der Waals surface area contributed by atoms with Crippen LogP contribution in [0.15, 0.2) is 16.6 Å². The van der Waals surface area contributed by atoms with Gasteiger partial charge in [-0.05, 0) is 28.1 Å². The Morgan fingerprint density at radius 3 is 2.50 bits per heavy atom. The zero-order valence-corrected chi connectivity index (χ0v) is 11.4. The molecule has 0 fully saturated rings. The van der Waals surface area contributed by atoms with Crippen LogP contribution in [-0.2, 0) is 4.74 Å². The second-order valence-electron chi connectivity index (χ2n) is 3.43. The van der Waals surface area contributed by atoms with E-state index in [1.807, 2.05) is 0 Å². The van der Waals surface area contributed by atoms with Gasteiger partial charge in [-0.25, -0.2) is 4.79 Å². The van der Waals surface area contributed by atoms with E-state index >= 15 is 0 Å². The summed E-state index contributed by atoms with van der Waals surface area (Å²) in [6, 6.07) is 2.21. The quantitative estimate of drug-likeness (QED) is 0.470. The average Bonchev–Trinajstić information content (AvgIpc) is 2.34. The van der Waals surface area contributed by atoms with Gasteiger partial charge in [0, 0.05) is 0 Å². The summed E-state index contributed by atoms with van der Waals surface area (Å²) in [6.45, 7) is -1.73.